The van der Waals surface area contributed by atoms with Crippen LogP contribution in [0.1, 0.15) is 55.9 Å². The molecule has 0 radical (unpaired) electrons. The molecule has 0 saturated carbocycles. The normalized spacial score (nSPS) is 27.6. The molecule has 0 N–H and O–H groups in total. The lowest BCUT2D eigenvalue weighted by molar-refractivity contribution is -0.946. The SMILES string of the molecule is CC(C(=O)O[C@@H]1C[N+]2(CCCOc3ccc(C(F)(F)F)cn3)CCC1CC2)(c1cccs1)N1CCCCC1. The van der Waals surface area contributed by atoms with Crippen LogP contribution in [0.4, 0.5) is 13.2 Å². The van der Waals surface area contributed by atoms with Crippen LogP contribution in [0.5, 0.6) is 5.88 Å². The monoisotopic (exact) mass is 552 g/mol. The van der Waals surface area contributed by atoms with Gasteiger partial charge in [0.05, 0.1) is 31.8 Å². The Morgan fingerprint density at radius 3 is 2.55 bits per heavy atom. The van der Waals surface area contributed by atoms with Crippen molar-refractivity contribution in [3.8, 4) is 5.88 Å². The van der Waals surface area contributed by atoms with Gasteiger partial charge in [-0.3, -0.25) is 4.90 Å². The van der Waals surface area contributed by atoms with Gasteiger partial charge in [0.15, 0.2) is 11.6 Å². The third kappa shape index (κ3) is 5.72. The Labute approximate surface area is 226 Å². The van der Waals surface area contributed by atoms with Gasteiger partial charge in [0.1, 0.15) is 6.54 Å². The van der Waals surface area contributed by atoms with Gasteiger partial charge in [-0.1, -0.05) is 12.5 Å². The third-order valence-corrected chi connectivity index (χ3v) is 9.86. The molecule has 208 valence electrons. The van der Waals surface area contributed by atoms with E-state index in [2.05, 4.69) is 16.0 Å². The van der Waals surface area contributed by atoms with Crippen LogP contribution in [0, 0.1) is 5.92 Å². The van der Waals surface area contributed by atoms with Crippen LogP contribution in [-0.2, 0) is 21.2 Å². The van der Waals surface area contributed by atoms with Crippen LogP contribution in [-0.4, -0.2) is 72.3 Å². The number of carbonyl (C=O) groups excluding carboxylic acids is 1. The van der Waals surface area contributed by atoms with Crippen molar-refractivity contribution in [3.05, 3.63) is 46.3 Å². The first kappa shape index (κ1) is 27.4. The Bertz CT molecular complexity index is 1070. The molecule has 0 spiro atoms. The molecule has 1 unspecified atom stereocenters. The standard InChI is InChI=1S/C28H37F3N3O3S/c1-27(24-7-5-18-38-24,33-12-3-2-4-13-33)26(35)37-23-20-34(15-10-21(23)11-16-34)14-6-17-36-25-9-8-22(19-32-25)28(29,30)31/h5,7-9,18-19,21,23H,2-4,6,10-17,20H2,1H3/q+1/t21?,23-,27?,34?/m1/s1. The fraction of sp³-hybridized carbons (Fsp3) is 0.643. The first-order valence-electron chi connectivity index (χ1n) is 13.7. The second kappa shape index (κ2) is 11.1. The maximum Gasteiger partial charge on any atom is 0.417 e. The van der Waals surface area contributed by atoms with E-state index in [0.717, 1.165) is 93.0 Å². The van der Waals surface area contributed by atoms with Crippen molar-refractivity contribution in [1.29, 1.82) is 0 Å². The van der Waals surface area contributed by atoms with Crippen LogP contribution in [0.3, 0.4) is 0 Å². The second-order valence-electron chi connectivity index (χ2n) is 11.2. The lowest BCUT2D eigenvalue weighted by Gasteiger charge is -2.52. The fourth-order valence-electron chi connectivity index (χ4n) is 6.41. The van der Waals surface area contributed by atoms with Crippen molar-refractivity contribution >= 4 is 17.3 Å². The molecule has 38 heavy (non-hydrogen) atoms. The van der Waals surface area contributed by atoms with Crippen LogP contribution < -0.4 is 4.74 Å². The molecular weight excluding hydrogens is 515 g/mol. The molecule has 2 bridgehead atoms. The van der Waals surface area contributed by atoms with Gasteiger partial charge in [-0.25, -0.2) is 9.78 Å². The van der Waals surface area contributed by atoms with Gasteiger partial charge in [-0.05, 0) is 50.4 Å². The predicted octanol–water partition coefficient (Wildman–Crippen LogP) is 5.48. The number of rotatable bonds is 9. The number of esters is 1. The summed E-state index contributed by atoms with van der Waals surface area (Å²) in [6.45, 7) is 8.06. The predicted molar refractivity (Wildman–Crippen MR) is 139 cm³/mol. The molecule has 6 heterocycles. The quantitative estimate of drug-likeness (QED) is 0.234. The Morgan fingerprint density at radius 1 is 1.16 bits per heavy atom. The highest BCUT2D eigenvalue weighted by atomic mass is 32.1. The van der Waals surface area contributed by atoms with E-state index in [1.54, 1.807) is 11.3 Å². The Hall–Kier alpha value is -2.17. The van der Waals surface area contributed by atoms with E-state index in [9.17, 15) is 18.0 Å². The molecule has 4 aliphatic rings. The van der Waals surface area contributed by atoms with E-state index in [-0.39, 0.29) is 18.0 Å². The number of ether oxygens (including phenoxy) is 2. The molecule has 4 fully saturated rings. The molecule has 2 aromatic rings. The number of hydrogen-bond acceptors (Lipinski definition) is 6. The summed E-state index contributed by atoms with van der Waals surface area (Å²) in [7, 11) is 0. The number of aromatic nitrogens is 1. The maximum atomic E-state index is 13.9. The molecule has 6 rings (SSSR count). The summed E-state index contributed by atoms with van der Waals surface area (Å²) in [6, 6.07) is 6.32. The summed E-state index contributed by atoms with van der Waals surface area (Å²) in [5.74, 6) is 0.476. The number of piperidine rings is 4. The molecule has 10 heteroatoms. The van der Waals surface area contributed by atoms with E-state index >= 15 is 0 Å². The second-order valence-corrected chi connectivity index (χ2v) is 12.1. The average molecular weight is 553 g/mol. The highest BCUT2D eigenvalue weighted by Gasteiger charge is 2.51. The number of fused-ring (bicyclic) bond motifs is 3. The van der Waals surface area contributed by atoms with Crippen molar-refractivity contribution in [1.82, 2.24) is 9.88 Å². The van der Waals surface area contributed by atoms with E-state index < -0.39 is 17.3 Å². The molecule has 0 aromatic carbocycles. The number of alkyl halides is 3. The fourth-order valence-corrected chi connectivity index (χ4v) is 7.32. The zero-order valence-corrected chi connectivity index (χ0v) is 22.7. The van der Waals surface area contributed by atoms with Crippen molar-refractivity contribution < 1.29 is 31.9 Å². The molecular formula is C28H37F3N3O3S+. The summed E-state index contributed by atoms with van der Waals surface area (Å²) < 4.78 is 51.1. The molecule has 4 aliphatic heterocycles. The highest BCUT2D eigenvalue weighted by molar-refractivity contribution is 7.10. The number of likely N-dealkylation sites (tertiary alicyclic amines) is 1. The summed E-state index contributed by atoms with van der Waals surface area (Å²) in [5, 5.41) is 2.03. The molecule has 4 saturated heterocycles. The maximum absolute atomic E-state index is 13.9. The summed E-state index contributed by atoms with van der Waals surface area (Å²) in [4.78, 5) is 21.0. The largest absolute Gasteiger partial charge is 0.477 e. The van der Waals surface area contributed by atoms with Crippen molar-refractivity contribution in [2.45, 2.75) is 63.3 Å². The number of quaternary nitrogens is 1. The number of pyridine rings is 1. The van der Waals surface area contributed by atoms with Gasteiger partial charge < -0.3 is 14.0 Å². The first-order valence-corrected chi connectivity index (χ1v) is 14.6. The van der Waals surface area contributed by atoms with Gasteiger partial charge in [-0.15, -0.1) is 11.3 Å². The zero-order chi connectivity index (χ0) is 26.8. The van der Waals surface area contributed by atoms with Crippen molar-refractivity contribution in [3.63, 3.8) is 0 Å². The molecule has 6 nitrogen and oxygen atoms in total. The van der Waals surface area contributed by atoms with Crippen LogP contribution in [0.25, 0.3) is 0 Å². The summed E-state index contributed by atoms with van der Waals surface area (Å²) in [6.07, 6.45) is 2.55. The van der Waals surface area contributed by atoms with E-state index in [4.69, 9.17) is 9.47 Å². The molecule has 0 amide bonds. The minimum atomic E-state index is -4.41. The summed E-state index contributed by atoms with van der Waals surface area (Å²) in [5.41, 5.74) is -1.54. The zero-order valence-electron chi connectivity index (χ0n) is 21.9. The Morgan fingerprint density at radius 2 is 1.92 bits per heavy atom. The molecule has 2 atom stereocenters. The number of carbonyl (C=O) groups is 1. The lowest BCUT2D eigenvalue weighted by Crippen LogP contribution is -2.65. The van der Waals surface area contributed by atoms with Crippen LogP contribution in [0.2, 0.25) is 0 Å². The first-order chi connectivity index (χ1) is 18.2. The van der Waals surface area contributed by atoms with Gasteiger partial charge >= 0.3 is 12.1 Å². The topological polar surface area (TPSA) is 51.7 Å². The average Bonchev–Trinajstić information content (AvgIpc) is 3.47. The highest BCUT2D eigenvalue weighted by Crippen LogP contribution is 2.40. The Balaban J connectivity index is 1.18. The Kier molecular flexibility index (Phi) is 8.03. The minimum Gasteiger partial charge on any atom is -0.477 e. The number of thiophene rings is 1. The van der Waals surface area contributed by atoms with Gasteiger partial charge in [0.2, 0.25) is 5.88 Å². The van der Waals surface area contributed by atoms with Crippen LogP contribution in [0.15, 0.2) is 35.8 Å². The van der Waals surface area contributed by atoms with E-state index in [0.29, 0.717) is 12.5 Å². The van der Waals surface area contributed by atoms with E-state index in [1.807, 2.05) is 18.4 Å². The number of nitrogens with zero attached hydrogens (tertiary/aromatic N) is 3. The number of hydrogen-bond donors (Lipinski definition) is 0. The van der Waals surface area contributed by atoms with Gasteiger partial charge in [0.25, 0.3) is 0 Å². The molecule has 2 aromatic heterocycles. The smallest absolute Gasteiger partial charge is 0.417 e. The third-order valence-electron chi connectivity index (χ3n) is 8.78. The van der Waals surface area contributed by atoms with Crippen molar-refractivity contribution in [2.24, 2.45) is 5.92 Å². The van der Waals surface area contributed by atoms with Crippen LogP contribution >= 0.6 is 11.3 Å². The van der Waals surface area contributed by atoms with Crippen molar-refractivity contribution in [2.75, 3.05) is 45.9 Å². The lowest BCUT2D eigenvalue weighted by atomic mass is 9.82. The summed E-state index contributed by atoms with van der Waals surface area (Å²) >= 11 is 1.62. The van der Waals surface area contributed by atoms with Gasteiger partial charge in [0, 0.05) is 42.3 Å². The van der Waals surface area contributed by atoms with E-state index in [1.165, 1.54) is 12.5 Å². The van der Waals surface area contributed by atoms with Gasteiger partial charge in [-0.2, -0.15) is 13.2 Å². The minimum absolute atomic E-state index is 0.0911. The molecule has 0 aliphatic carbocycles. The number of halogens is 3.